The van der Waals surface area contributed by atoms with E-state index in [0.29, 0.717) is 18.7 Å². The fourth-order valence-corrected chi connectivity index (χ4v) is 2.62. The zero-order chi connectivity index (χ0) is 16.7. The van der Waals surface area contributed by atoms with Gasteiger partial charge in [0, 0.05) is 11.9 Å². The normalized spacial score (nSPS) is 10.7. The molecule has 1 heterocycles. The highest BCUT2D eigenvalue weighted by Crippen LogP contribution is 2.13. The van der Waals surface area contributed by atoms with Crippen molar-refractivity contribution in [1.82, 2.24) is 9.97 Å². The second-order valence-corrected chi connectivity index (χ2v) is 5.96. The van der Waals surface area contributed by atoms with E-state index in [4.69, 9.17) is 4.74 Å². The van der Waals surface area contributed by atoms with E-state index in [1.165, 1.54) is 7.11 Å². The Labute approximate surface area is 136 Å². The van der Waals surface area contributed by atoms with Crippen molar-refractivity contribution in [3.63, 3.8) is 0 Å². The van der Waals surface area contributed by atoms with E-state index in [1.807, 2.05) is 24.3 Å². The number of rotatable bonds is 7. The first-order valence-electron chi connectivity index (χ1n) is 7.14. The summed E-state index contributed by atoms with van der Waals surface area (Å²) in [7, 11) is -1.17. The summed E-state index contributed by atoms with van der Waals surface area (Å²) in [6.45, 7) is 0. The molecule has 0 saturated carbocycles. The quantitative estimate of drug-likeness (QED) is 0.602. The first-order valence-corrected chi connectivity index (χ1v) is 8.51. The third-order valence-corrected chi connectivity index (χ3v) is 3.91. The summed E-state index contributed by atoms with van der Waals surface area (Å²) in [5.41, 5.74) is 2.75. The highest BCUT2D eigenvalue weighted by Gasteiger charge is 2.08. The maximum Gasteiger partial charge on any atom is 0.309 e. The molecule has 2 aromatic rings. The standard InChI is InChI=1S/C16H18N2O4S/c1-22-16(19)10-13-5-3-2-4-12(13)6-7-14-8-9-17-15(18-14)11-23(20)21/h2-5,8-9,23H,6-7,10-11H2,1H3. The second kappa shape index (κ2) is 8.38. The lowest BCUT2D eigenvalue weighted by molar-refractivity contribution is -0.139. The van der Waals surface area contributed by atoms with Crippen LogP contribution in [-0.4, -0.2) is 31.5 Å². The zero-order valence-electron chi connectivity index (χ0n) is 12.8. The van der Waals surface area contributed by atoms with E-state index in [-0.39, 0.29) is 18.1 Å². The van der Waals surface area contributed by atoms with Crippen LogP contribution in [0.5, 0.6) is 0 Å². The number of hydrogen-bond acceptors (Lipinski definition) is 6. The fourth-order valence-electron chi connectivity index (χ4n) is 2.24. The lowest BCUT2D eigenvalue weighted by atomic mass is 9.99. The van der Waals surface area contributed by atoms with Gasteiger partial charge in [0.1, 0.15) is 22.3 Å². The van der Waals surface area contributed by atoms with Crippen LogP contribution in [0.15, 0.2) is 36.5 Å². The molecule has 0 radical (unpaired) electrons. The average Bonchev–Trinajstić information content (AvgIpc) is 2.53. The van der Waals surface area contributed by atoms with E-state index in [2.05, 4.69) is 9.97 Å². The second-order valence-electron chi connectivity index (χ2n) is 4.98. The monoisotopic (exact) mass is 334 g/mol. The average molecular weight is 334 g/mol. The fraction of sp³-hybridized carbons (Fsp3) is 0.312. The maximum atomic E-state index is 11.5. The zero-order valence-corrected chi connectivity index (χ0v) is 13.7. The van der Waals surface area contributed by atoms with Crippen LogP contribution < -0.4 is 0 Å². The Bertz CT molecular complexity index is 751. The molecule has 0 aliphatic rings. The maximum absolute atomic E-state index is 11.5. The number of aryl methyl sites for hydroxylation is 2. The molecule has 0 bridgehead atoms. The minimum Gasteiger partial charge on any atom is -0.469 e. The van der Waals surface area contributed by atoms with Crippen molar-refractivity contribution in [3.8, 4) is 0 Å². The first kappa shape index (κ1) is 17.1. The summed E-state index contributed by atoms with van der Waals surface area (Å²) >= 11 is 0. The summed E-state index contributed by atoms with van der Waals surface area (Å²) < 4.78 is 26.2. The van der Waals surface area contributed by atoms with E-state index < -0.39 is 10.7 Å². The number of methoxy groups -OCH3 is 1. The Morgan fingerprint density at radius 1 is 1.13 bits per heavy atom. The van der Waals surface area contributed by atoms with E-state index >= 15 is 0 Å². The number of benzene rings is 1. The highest BCUT2D eigenvalue weighted by atomic mass is 32.2. The van der Waals surface area contributed by atoms with Gasteiger partial charge < -0.3 is 4.74 Å². The number of aromatic nitrogens is 2. The van der Waals surface area contributed by atoms with E-state index in [9.17, 15) is 13.2 Å². The summed E-state index contributed by atoms with van der Waals surface area (Å²) in [4.78, 5) is 19.6. The molecule has 23 heavy (non-hydrogen) atoms. The highest BCUT2D eigenvalue weighted by molar-refractivity contribution is 7.71. The third kappa shape index (κ3) is 5.45. The van der Waals surface area contributed by atoms with Crippen molar-refractivity contribution in [1.29, 1.82) is 0 Å². The molecule has 122 valence electrons. The molecule has 0 atom stereocenters. The Morgan fingerprint density at radius 2 is 1.87 bits per heavy atom. The molecular weight excluding hydrogens is 316 g/mol. The van der Waals surface area contributed by atoms with Crippen LogP contribution in [-0.2, 0) is 45.3 Å². The van der Waals surface area contributed by atoms with Gasteiger partial charge in [-0.2, -0.15) is 0 Å². The molecule has 0 saturated heterocycles. The van der Waals surface area contributed by atoms with E-state index in [1.54, 1.807) is 12.3 Å². The smallest absolute Gasteiger partial charge is 0.309 e. The number of esters is 1. The van der Waals surface area contributed by atoms with Crippen LogP contribution in [0, 0.1) is 0 Å². The van der Waals surface area contributed by atoms with Gasteiger partial charge in [-0.3, -0.25) is 4.79 Å². The molecule has 1 aromatic heterocycles. The largest absolute Gasteiger partial charge is 0.469 e. The third-order valence-electron chi connectivity index (χ3n) is 3.36. The summed E-state index contributed by atoms with van der Waals surface area (Å²) in [5.74, 6) is -0.121. The van der Waals surface area contributed by atoms with Crippen LogP contribution in [0.2, 0.25) is 0 Å². The number of carbonyl (C=O) groups is 1. The van der Waals surface area contributed by atoms with Crippen molar-refractivity contribution in [3.05, 3.63) is 59.2 Å². The van der Waals surface area contributed by atoms with Gasteiger partial charge >= 0.3 is 5.97 Å². The van der Waals surface area contributed by atoms with Crippen molar-refractivity contribution in [2.24, 2.45) is 0 Å². The number of ether oxygens (including phenoxy) is 1. The molecule has 0 fully saturated rings. The lowest BCUT2D eigenvalue weighted by Gasteiger charge is -2.08. The van der Waals surface area contributed by atoms with Crippen molar-refractivity contribution < 1.29 is 17.9 Å². The van der Waals surface area contributed by atoms with Gasteiger partial charge in [-0.25, -0.2) is 18.4 Å². The van der Waals surface area contributed by atoms with Crippen molar-refractivity contribution in [2.45, 2.75) is 25.0 Å². The first-order chi connectivity index (χ1) is 11.1. The van der Waals surface area contributed by atoms with Crippen LogP contribution in [0.3, 0.4) is 0 Å². The van der Waals surface area contributed by atoms with Crippen molar-refractivity contribution in [2.75, 3.05) is 7.11 Å². The number of carbonyl (C=O) groups excluding carboxylic acids is 1. The van der Waals surface area contributed by atoms with Gasteiger partial charge in [0.2, 0.25) is 0 Å². The Kier molecular flexibility index (Phi) is 6.22. The molecule has 2 rings (SSSR count). The molecule has 0 amide bonds. The van der Waals surface area contributed by atoms with Gasteiger partial charge in [-0.1, -0.05) is 24.3 Å². The van der Waals surface area contributed by atoms with Gasteiger partial charge in [0.15, 0.2) is 0 Å². The molecule has 0 aliphatic carbocycles. The minimum atomic E-state index is -2.54. The van der Waals surface area contributed by atoms with Gasteiger partial charge in [0.05, 0.1) is 13.5 Å². The van der Waals surface area contributed by atoms with Gasteiger partial charge in [0.25, 0.3) is 0 Å². The predicted octanol–water partition coefficient (Wildman–Crippen LogP) is 1.09. The number of nitrogens with zero attached hydrogens (tertiary/aromatic N) is 2. The number of thiol groups is 1. The van der Waals surface area contributed by atoms with Crippen LogP contribution in [0.25, 0.3) is 0 Å². The SMILES string of the molecule is COC(=O)Cc1ccccc1CCc1ccnc(C[SH](=O)=O)n1. The number of hydrogen-bond donors (Lipinski definition) is 1. The molecule has 0 N–H and O–H groups in total. The lowest BCUT2D eigenvalue weighted by Crippen LogP contribution is -2.08. The van der Waals surface area contributed by atoms with Gasteiger partial charge in [-0.05, 0) is 30.0 Å². The molecule has 0 unspecified atom stereocenters. The van der Waals surface area contributed by atoms with Gasteiger partial charge in [-0.15, -0.1) is 0 Å². The molecule has 1 aromatic carbocycles. The summed E-state index contributed by atoms with van der Waals surface area (Å²) in [5, 5.41) is 0. The molecule has 7 heteroatoms. The molecule has 0 aliphatic heterocycles. The summed E-state index contributed by atoms with van der Waals surface area (Å²) in [6, 6.07) is 9.44. The van der Waals surface area contributed by atoms with Crippen LogP contribution >= 0.6 is 0 Å². The van der Waals surface area contributed by atoms with Crippen molar-refractivity contribution >= 4 is 16.7 Å². The Morgan fingerprint density at radius 3 is 2.57 bits per heavy atom. The molecule has 6 nitrogen and oxygen atoms in total. The van der Waals surface area contributed by atoms with Crippen LogP contribution in [0.4, 0.5) is 0 Å². The minimum absolute atomic E-state index is 0.151. The summed E-state index contributed by atoms with van der Waals surface area (Å²) in [6.07, 6.45) is 3.14. The Hall–Kier alpha value is -2.28. The topological polar surface area (TPSA) is 86.2 Å². The molecular formula is C16H18N2O4S. The molecule has 0 spiro atoms. The Balaban J connectivity index is 2.07. The van der Waals surface area contributed by atoms with Crippen LogP contribution in [0.1, 0.15) is 22.6 Å². The predicted molar refractivity (Wildman–Crippen MR) is 85.6 cm³/mol. The van der Waals surface area contributed by atoms with E-state index in [0.717, 1.165) is 16.8 Å².